The summed E-state index contributed by atoms with van der Waals surface area (Å²) >= 11 is 12.3. The molecule has 2 heterocycles. The van der Waals surface area contributed by atoms with Crippen molar-refractivity contribution in [2.75, 3.05) is 31.1 Å². The Labute approximate surface area is 197 Å². The summed E-state index contributed by atoms with van der Waals surface area (Å²) in [6.45, 7) is 4.66. The van der Waals surface area contributed by atoms with Gasteiger partial charge >= 0.3 is 0 Å². The molecule has 0 saturated carbocycles. The fourth-order valence-corrected chi connectivity index (χ4v) is 4.29. The fraction of sp³-hybridized carbons (Fsp3) is 0.192. The van der Waals surface area contributed by atoms with Gasteiger partial charge in [0.2, 0.25) is 0 Å². The number of hydrogen-bond donors (Lipinski definition) is 0. The summed E-state index contributed by atoms with van der Waals surface area (Å²) in [6.07, 6.45) is 0. The number of fused-ring (bicyclic) bond motifs is 1. The molecule has 160 valence electrons. The minimum Gasteiger partial charge on any atom is -0.354 e. The van der Waals surface area contributed by atoms with Crippen molar-refractivity contribution >= 4 is 40.0 Å². The molecule has 5 rings (SSSR count). The molecule has 0 aliphatic carbocycles. The van der Waals surface area contributed by atoms with Crippen LogP contribution in [-0.4, -0.2) is 36.2 Å². The van der Waals surface area contributed by atoms with Crippen LogP contribution in [0, 0.1) is 11.8 Å². The molecule has 0 bridgehead atoms. The molecule has 1 aliphatic rings. The lowest BCUT2D eigenvalue weighted by Crippen LogP contribution is -2.46. The Balaban J connectivity index is 1.23. The van der Waals surface area contributed by atoms with Crippen molar-refractivity contribution in [2.45, 2.75) is 6.54 Å². The van der Waals surface area contributed by atoms with Crippen LogP contribution < -0.4 is 4.90 Å². The van der Waals surface area contributed by atoms with E-state index in [1.807, 2.05) is 24.3 Å². The molecule has 1 aromatic heterocycles. The lowest BCUT2D eigenvalue weighted by molar-refractivity contribution is 0.248. The van der Waals surface area contributed by atoms with Gasteiger partial charge < -0.3 is 9.42 Å². The molecule has 1 aliphatic heterocycles. The third-order valence-corrected chi connectivity index (χ3v) is 6.20. The average Bonchev–Trinajstić information content (AvgIpc) is 3.25. The molecule has 1 saturated heterocycles. The van der Waals surface area contributed by atoms with Crippen molar-refractivity contribution in [3.8, 4) is 11.8 Å². The SMILES string of the molecule is Clc1ccc(Cl)c(C#Cc2cccc(CN3CCN(c4noc5ccccc45)CC3)c2)c1. The normalized spacial score (nSPS) is 14.4. The highest BCUT2D eigenvalue weighted by atomic mass is 35.5. The molecule has 6 heteroatoms. The maximum absolute atomic E-state index is 6.22. The van der Waals surface area contributed by atoms with Crippen molar-refractivity contribution in [3.05, 3.63) is 93.5 Å². The van der Waals surface area contributed by atoms with Gasteiger partial charge in [0.15, 0.2) is 11.4 Å². The molecule has 0 spiro atoms. The van der Waals surface area contributed by atoms with Crippen molar-refractivity contribution in [3.63, 3.8) is 0 Å². The minimum atomic E-state index is 0.607. The second kappa shape index (κ2) is 9.26. The highest BCUT2D eigenvalue weighted by Crippen LogP contribution is 2.26. The molecule has 0 N–H and O–H groups in total. The van der Waals surface area contributed by atoms with Crippen molar-refractivity contribution in [1.82, 2.24) is 10.1 Å². The van der Waals surface area contributed by atoms with Crippen LogP contribution >= 0.6 is 23.2 Å². The number of halogens is 2. The summed E-state index contributed by atoms with van der Waals surface area (Å²) < 4.78 is 5.47. The topological polar surface area (TPSA) is 32.5 Å². The van der Waals surface area contributed by atoms with Gasteiger partial charge in [-0.2, -0.15) is 0 Å². The van der Waals surface area contributed by atoms with Crippen molar-refractivity contribution in [2.24, 2.45) is 0 Å². The molecule has 0 amide bonds. The summed E-state index contributed by atoms with van der Waals surface area (Å²) in [7, 11) is 0. The molecule has 0 atom stereocenters. The Hall–Kier alpha value is -2.97. The number of benzene rings is 3. The first-order valence-corrected chi connectivity index (χ1v) is 11.3. The van der Waals surface area contributed by atoms with Crippen molar-refractivity contribution in [1.29, 1.82) is 0 Å². The predicted molar refractivity (Wildman–Crippen MR) is 130 cm³/mol. The highest BCUT2D eigenvalue weighted by molar-refractivity contribution is 6.33. The van der Waals surface area contributed by atoms with Gasteiger partial charge in [0, 0.05) is 48.9 Å². The molecular formula is C26H21Cl2N3O. The van der Waals surface area contributed by atoms with E-state index in [1.165, 1.54) is 5.56 Å². The number of aromatic nitrogens is 1. The quantitative estimate of drug-likeness (QED) is 0.357. The maximum atomic E-state index is 6.22. The van der Waals surface area contributed by atoms with Crippen LogP contribution in [0.25, 0.3) is 11.0 Å². The van der Waals surface area contributed by atoms with E-state index in [4.69, 9.17) is 27.7 Å². The number of hydrogen-bond acceptors (Lipinski definition) is 4. The summed E-state index contributed by atoms with van der Waals surface area (Å²) in [5.74, 6) is 7.29. The second-order valence-corrected chi connectivity index (χ2v) is 8.68. The molecule has 0 unspecified atom stereocenters. The third-order valence-electron chi connectivity index (χ3n) is 5.63. The third kappa shape index (κ3) is 4.61. The van der Waals surface area contributed by atoms with Crippen LogP contribution in [0.2, 0.25) is 10.0 Å². The summed E-state index contributed by atoms with van der Waals surface area (Å²) in [5, 5.41) is 6.61. The first-order chi connectivity index (χ1) is 15.7. The van der Waals surface area contributed by atoms with Gasteiger partial charge in [0.1, 0.15) is 0 Å². The number of anilines is 1. The first-order valence-electron chi connectivity index (χ1n) is 10.5. The largest absolute Gasteiger partial charge is 0.354 e. The summed E-state index contributed by atoms with van der Waals surface area (Å²) in [4.78, 5) is 4.76. The van der Waals surface area contributed by atoms with Crippen LogP contribution in [0.5, 0.6) is 0 Å². The van der Waals surface area contributed by atoms with E-state index in [0.717, 1.165) is 60.6 Å². The first kappa shape index (κ1) is 20.9. The smallest absolute Gasteiger partial charge is 0.180 e. The standard InChI is InChI=1S/C26H21Cl2N3O/c27-22-10-11-24(28)21(17-22)9-8-19-4-3-5-20(16-19)18-30-12-14-31(15-13-30)26-23-6-1-2-7-25(23)32-29-26/h1-7,10-11,16-17H,12-15,18H2. The van der Waals surface area contributed by atoms with E-state index in [-0.39, 0.29) is 0 Å². The van der Waals surface area contributed by atoms with E-state index in [0.29, 0.717) is 10.0 Å². The van der Waals surface area contributed by atoms with Gasteiger partial charge in [0.25, 0.3) is 0 Å². The Morgan fingerprint density at radius 3 is 2.59 bits per heavy atom. The summed E-state index contributed by atoms with van der Waals surface area (Å²) in [5.41, 5.74) is 3.78. The number of nitrogens with zero attached hydrogens (tertiary/aromatic N) is 3. The fourth-order valence-electron chi connectivity index (χ4n) is 3.96. The number of para-hydroxylation sites is 1. The zero-order valence-corrected chi connectivity index (χ0v) is 18.9. The Bertz CT molecular complexity index is 1310. The van der Waals surface area contributed by atoms with Crippen LogP contribution in [0.3, 0.4) is 0 Å². The van der Waals surface area contributed by atoms with Crippen LogP contribution in [0.1, 0.15) is 16.7 Å². The molecule has 4 aromatic rings. The van der Waals surface area contributed by atoms with E-state index >= 15 is 0 Å². The van der Waals surface area contributed by atoms with Crippen LogP contribution in [0.4, 0.5) is 5.82 Å². The van der Waals surface area contributed by atoms with Gasteiger partial charge in [-0.05, 0) is 48.0 Å². The number of rotatable bonds is 3. The van der Waals surface area contributed by atoms with Crippen LogP contribution in [0.15, 0.2) is 71.3 Å². The molecule has 3 aromatic carbocycles. The molecule has 0 radical (unpaired) electrons. The number of piperazine rings is 1. The molecule has 32 heavy (non-hydrogen) atoms. The Morgan fingerprint density at radius 2 is 1.72 bits per heavy atom. The Morgan fingerprint density at radius 1 is 0.875 bits per heavy atom. The van der Waals surface area contributed by atoms with E-state index in [1.54, 1.807) is 18.2 Å². The lowest BCUT2D eigenvalue weighted by atomic mass is 10.1. The van der Waals surface area contributed by atoms with Crippen molar-refractivity contribution < 1.29 is 4.52 Å². The van der Waals surface area contributed by atoms with Crippen LogP contribution in [-0.2, 0) is 6.54 Å². The Kier molecular flexibility index (Phi) is 6.05. The van der Waals surface area contributed by atoms with Gasteiger partial charge in [0.05, 0.1) is 10.4 Å². The zero-order valence-electron chi connectivity index (χ0n) is 17.4. The maximum Gasteiger partial charge on any atom is 0.180 e. The molecule has 1 fully saturated rings. The average molecular weight is 462 g/mol. The lowest BCUT2D eigenvalue weighted by Gasteiger charge is -2.34. The summed E-state index contributed by atoms with van der Waals surface area (Å²) in [6, 6.07) is 21.7. The van der Waals surface area contributed by atoms with Gasteiger partial charge in [-0.3, -0.25) is 4.90 Å². The molecule has 4 nitrogen and oxygen atoms in total. The zero-order chi connectivity index (χ0) is 21.9. The predicted octanol–water partition coefficient (Wildman–Crippen LogP) is 5.86. The minimum absolute atomic E-state index is 0.607. The monoisotopic (exact) mass is 461 g/mol. The van der Waals surface area contributed by atoms with Gasteiger partial charge in [-0.15, -0.1) is 0 Å². The molecular weight excluding hydrogens is 441 g/mol. The van der Waals surface area contributed by atoms with E-state index in [9.17, 15) is 0 Å². The van der Waals surface area contributed by atoms with E-state index in [2.05, 4.69) is 51.1 Å². The second-order valence-electron chi connectivity index (χ2n) is 7.84. The van der Waals surface area contributed by atoms with Gasteiger partial charge in [-0.25, -0.2) is 0 Å². The van der Waals surface area contributed by atoms with E-state index < -0.39 is 0 Å². The van der Waals surface area contributed by atoms with Gasteiger partial charge in [-0.1, -0.05) is 64.5 Å². The highest BCUT2D eigenvalue weighted by Gasteiger charge is 2.21.